The van der Waals surface area contributed by atoms with Gasteiger partial charge in [0.05, 0.1) is 5.92 Å². The highest BCUT2D eigenvalue weighted by Gasteiger charge is 2.65. The van der Waals surface area contributed by atoms with E-state index >= 15 is 0 Å². The summed E-state index contributed by atoms with van der Waals surface area (Å²) in [5.74, 6) is -2.64. The number of rotatable bonds is 4. The van der Waals surface area contributed by atoms with Crippen LogP contribution in [0.25, 0.3) is 0 Å². The first-order valence-electron chi connectivity index (χ1n) is 6.59. The lowest BCUT2D eigenvalue weighted by molar-refractivity contribution is -0.164. The number of hydrogen-bond donors (Lipinski definition) is 0. The molecule has 3 aliphatic rings. The fourth-order valence-corrected chi connectivity index (χ4v) is 3.85. The Morgan fingerprint density at radius 3 is 2.70 bits per heavy atom. The first-order chi connectivity index (χ1) is 9.52. The van der Waals surface area contributed by atoms with Crippen LogP contribution in [0.3, 0.4) is 0 Å². The molecule has 3 fully saturated rings. The molecule has 0 aliphatic heterocycles. The van der Waals surface area contributed by atoms with Gasteiger partial charge >= 0.3 is 11.9 Å². The first kappa shape index (κ1) is 13.0. The number of hydrogen-bond acceptors (Lipinski definition) is 6. The van der Waals surface area contributed by atoms with Gasteiger partial charge in [0.1, 0.15) is 6.10 Å². The van der Waals surface area contributed by atoms with Gasteiger partial charge in [-0.15, -0.1) is 0 Å². The molecule has 3 aliphatic carbocycles. The van der Waals surface area contributed by atoms with Gasteiger partial charge in [-0.3, -0.25) is 9.59 Å². The standard InChI is InChI=1S/C14H14O6/c1-2-9(15)19-5-10(16)20-14-6-3-7-8(4-6)12(17)13(18)11(7)14/h2,6-8,11,14H,1,3-5H2. The van der Waals surface area contributed by atoms with E-state index in [1.807, 2.05) is 0 Å². The molecule has 0 aromatic carbocycles. The second kappa shape index (κ2) is 4.54. The molecule has 0 aromatic rings. The smallest absolute Gasteiger partial charge is 0.344 e. The van der Waals surface area contributed by atoms with Crippen LogP contribution in [0.1, 0.15) is 12.8 Å². The summed E-state index contributed by atoms with van der Waals surface area (Å²) in [5.41, 5.74) is 0. The maximum absolute atomic E-state index is 11.9. The summed E-state index contributed by atoms with van der Waals surface area (Å²) in [4.78, 5) is 46.1. The fourth-order valence-electron chi connectivity index (χ4n) is 3.85. The Bertz CT molecular complexity index is 522. The summed E-state index contributed by atoms with van der Waals surface area (Å²) in [7, 11) is 0. The van der Waals surface area contributed by atoms with E-state index in [1.165, 1.54) is 0 Å². The van der Waals surface area contributed by atoms with Crippen LogP contribution >= 0.6 is 0 Å². The molecular weight excluding hydrogens is 264 g/mol. The Morgan fingerprint density at radius 2 is 2.00 bits per heavy atom. The highest BCUT2D eigenvalue weighted by Crippen LogP contribution is 2.57. The molecular formula is C14H14O6. The van der Waals surface area contributed by atoms with Gasteiger partial charge in [-0.1, -0.05) is 6.58 Å². The van der Waals surface area contributed by atoms with Crippen LogP contribution < -0.4 is 0 Å². The quantitative estimate of drug-likeness (QED) is 0.410. The van der Waals surface area contributed by atoms with Crippen LogP contribution in [0.15, 0.2) is 12.7 Å². The molecule has 0 saturated heterocycles. The molecule has 5 atom stereocenters. The SMILES string of the molecule is C=CC(=O)OCC(=O)OC1C2CC3C(=O)C(=O)C1C3C2. The van der Waals surface area contributed by atoms with Crippen molar-refractivity contribution in [1.82, 2.24) is 0 Å². The van der Waals surface area contributed by atoms with Gasteiger partial charge in [0.15, 0.2) is 6.61 Å². The van der Waals surface area contributed by atoms with E-state index in [4.69, 9.17) is 4.74 Å². The zero-order valence-corrected chi connectivity index (χ0v) is 10.7. The molecule has 0 amide bonds. The van der Waals surface area contributed by atoms with E-state index in [1.54, 1.807) is 0 Å². The minimum absolute atomic E-state index is 0.0357. The lowest BCUT2D eigenvalue weighted by Gasteiger charge is -2.25. The third-order valence-corrected chi connectivity index (χ3v) is 4.58. The number of ketones is 2. The normalized spacial score (nSPS) is 37.1. The van der Waals surface area contributed by atoms with Crippen LogP contribution in [-0.4, -0.2) is 36.2 Å². The Morgan fingerprint density at radius 1 is 1.25 bits per heavy atom. The fraction of sp³-hybridized carbons (Fsp3) is 0.571. The highest BCUT2D eigenvalue weighted by atomic mass is 16.6. The molecule has 5 unspecified atom stereocenters. The summed E-state index contributed by atoms with van der Waals surface area (Å²) >= 11 is 0. The minimum Gasteiger partial charge on any atom is -0.459 e. The zero-order valence-electron chi connectivity index (χ0n) is 10.7. The van der Waals surface area contributed by atoms with Crippen LogP contribution in [0.2, 0.25) is 0 Å². The molecule has 20 heavy (non-hydrogen) atoms. The number of carbonyl (C=O) groups excluding carboxylic acids is 4. The van der Waals surface area contributed by atoms with Gasteiger partial charge in [-0.25, -0.2) is 9.59 Å². The van der Waals surface area contributed by atoms with E-state index in [0.717, 1.165) is 12.5 Å². The van der Waals surface area contributed by atoms with Crippen molar-refractivity contribution < 1.29 is 28.7 Å². The average molecular weight is 278 g/mol. The van der Waals surface area contributed by atoms with E-state index in [-0.39, 0.29) is 23.5 Å². The van der Waals surface area contributed by atoms with E-state index < -0.39 is 36.4 Å². The van der Waals surface area contributed by atoms with Crippen molar-refractivity contribution >= 4 is 23.5 Å². The van der Waals surface area contributed by atoms with Crippen LogP contribution in [0, 0.1) is 23.7 Å². The Labute approximate surface area is 115 Å². The predicted molar refractivity (Wildman–Crippen MR) is 64.2 cm³/mol. The second-order valence-corrected chi connectivity index (χ2v) is 5.52. The van der Waals surface area contributed by atoms with Crippen LogP contribution in [0.4, 0.5) is 0 Å². The van der Waals surface area contributed by atoms with Gasteiger partial charge in [-0.2, -0.15) is 0 Å². The molecule has 0 N–H and O–H groups in total. The number of ether oxygens (including phenoxy) is 2. The Hall–Kier alpha value is -1.98. The molecule has 0 radical (unpaired) electrons. The van der Waals surface area contributed by atoms with Crippen molar-refractivity contribution in [2.75, 3.05) is 6.61 Å². The molecule has 3 rings (SSSR count). The lowest BCUT2D eigenvalue weighted by atomic mass is 9.86. The summed E-state index contributed by atoms with van der Waals surface area (Å²) in [5, 5.41) is 0. The molecule has 0 heterocycles. The summed E-state index contributed by atoms with van der Waals surface area (Å²) < 4.78 is 9.85. The van der Waals surface area contributed by atoms with Gasteiger partial charge < -0.3 is 9.47 Å². The van der Waals surface area contributed by atoms with Crippen molar-refractivity contribution in [2.24, 2.45) is 23.7 Å². The van der Waals surface area contributed by atoms with Gasteiger partial charge in [-0.05, 0) is 24.7 Å². The molecule has 6 heteroatoms. The van der Waals surface area contributed by atoms with Crippen molar-refractivity contribution in [3.63, 3.8) is 0 Å². The van der Waals surface area contributed by atoms with Crippen LogP contribution in [-0.2, 0) is 28.7 Å². The van der Waals surface area contributed by atoms with E-state index in [2.05, 4.69) is 11.3 Å². The van der Waals surface area contributed by atoms with Crippen molar-refractivity contribution in [1.29, 1.82) is 0 Å². The summed E-state index contributed by atoms with van der Waals surface area (Å²) in [6, 6.07) is 0. The monoisotopic (exact) mass is 278 g/mol. The minimum atomic E-state index is -0.706. The van der Waals surface area contributed by atoms with Gasteiger partial charge in [0.25, 0.3) is 0 Å². The maximum Gasteiger partial charge on any atom is 0.344 e. The van der Waals surface area contributed by atoms with Crippen molar-refractivity contribution in [3.8, 4) is 0 Å². The first-order valence-corrected chi connectivity index (χ1v) is 6.59. The zero-order chi connectivity index (χ0) is 14.4. The largest absolute Gasteiger partial charge is 0.459 e. The van der Waals surface area contributed by atoms with Crippen molar-refractivity contribution in [2.45, 2.75) is 18.9 Å². The highest BCUT2D eigenvalue weighted by molar-refractivity contribution is 6.41. The third-order valence-electron chi connectivity index (χ3n) is 4.58. The molecule has 0 aromatic heterocycles. The molecule has 3 saturated carbocycles. The predicted octanol–water partition coefficient (Wildman–Crippen LogP) is 0.0514. The number of esters is 2. The molecule has 6 nitrogen and oxygen atoms in total. The Kier molecular flexibility index (Phi) is 2.96. The molecule has 106 valence electrons. The van der Waals surface area contributed by atoms with Crippen molar-refractivity contribution in [3.05, 3.63) is 12.7 Å². The number of fused-ring (bicyclic) bond motifs is 1. The van der Waals surface area contributed by atoms with Crippen LogP contribution in [0.5, 0.6) is 0 Å². The number of carbonyl (C=O) groups is 4. The molecule has 0 spiro atoms. The van der Waals surface area contributed by atoms with Gasteiger partial charge in [0, 0.05) is 12.0 Å². The second-order valence-electron chi connectivity index (χ2n) is 5.52. The van der Waals surface area contributed by atoms with Gasteiger partial charge in [0.2, 0.25) is 11.6 Å². The molecule has 2 bridgehead atoms. The summed E-state index contributed by atoms with van der Waals surface area (Å²) in [6.45, 7) is 2.71. The third kappa shape index (κ3) is 1.78. The topological polar surface area (TPSA) is 86.7 Å². The summed E-state index contributed by atoms with van der Waals surface area (Å²) in [6.07, 6.45) is 1.80. The lowest BCUT2D eigenvalue weighted by Crippen LogP contribution is -2.35. The maximum atomic E-state index is 11.9. The van der Waals surface area contributed by atoms with E-state index in [9.17, 15) is 19.2 Å². The number of Topliss-reactive ketones (excluding diaryl/α,β-unsaturated/α-hetero) is 2. The average Bonchev–Trinajstić information content (AvgIpc) is 3.04. The Balaban J connectivity index is 1.63. The van der Waals surface area contributed by atoms with E-state index in [0.29, 0.717) is 6.42 Å².